The molecule has 6 nitrogen and oxygen atoms in total. The molecule has 136 valence electrons. The number of amides is 1. The van der Waals surface area contributed by atoms with Crippen molar-refractivity contribution < 1.29 is 14.7 Å². The zero-order valence-electron chi connectivity index (χ0n) is 14.9. The summed E-state index contributed by atoms with van der Waals surface area (Å²) < 4.78 is 1.91. The number of aryl methyl sites for hydroxylation is 1. The SMILES string of the molecule is Cc1ccc(-n2nc(C(=O)N3CCC(C(=O)O)C3)c3c2CCCC3)cc1. The Balaban J connectivity index is 1.69. The zero-order chi connectivity index (χ0) is 18.3. The van der Waals surface area contributed by atoms with Gasteiger partial charge in [-0.3, -0.25) is 9.59 Å². The van der Waals surface area contributed by atoms with Gasteiger partial charge in [0.15, 0.2) is 5.69 Å². The van der Waals surface area contributed by atoms with E-state index in [9.17, 15) is 14.7 Å². The number of fused-ring (bicyclic) bond motifs is 1. The lowest BCUT2D eigenvalue weighted by Crippen LogP contribution is -2.31. The Morgan fingerprint density at radius 2 is 1.88 bits per heavy atom. The molecule has 1 saturated heterocycles. The number of likely N-dealkylation sites (tertiary alicyclic amines) is 1. The first-order valence-corrected chi connectivity index (χ1v) is 9.24. The van der Waals surface area contributed by atoms with Crippen molar-refractivity contribution in [2.24, 2.45) is 5.92 Å². The van der Waals surface area contributed by atoms with E-state index in [1.165, 1.54) is 5.56 Å². The highest BCUT2D eigenvalue weighted by Gasteiger charge is 2.34. The third kappa shape index (κ3) is 2.89. The van der Waals surface area contributed by atoms with E-state index in [0.29, 0.717) is 18.7 Å². The third-order valence-corrected chi connectivity index (χ3v) is 5.49. The highest BCUT2D eigenvalue weighted by Crippen LogP contribution is 2.29. The Labute approximate surface area is 152 Å². The normalized spacial score (nSPS) is 19.4. The van der Waals surface area contributed by atoms with Crippen molar-refractivity contribution >= 4 is 11.9 Å². The molecule has 0 radical (unpaired) electrons. The molecule has 2 heterocycles. The minimum Gasteiger partial charge on any atom is -0.481 e. The van der Waals surface area contributed by atoms with Crippen molar-refractivity contribution in [3.8, 4) is 5.69 Å². The number of hydrogen-bond donors (Lipinski definition) is 1. The van der Waals surface area contributed by atoms with Crippen LogP contribution < -0.4 is 0 Å². The van der Waals surface area contributed by atoms with E-state index >= 15 is 0 Å². The molecular formula is C20H23N3O3. The van der Waals surface area contributed by atoms with Crippen LogP contribution in [0.4, 0.5) is 0 Å². The largest absolute Gasteiger partial charge is 0.481 e. The number of aromatic nitrogens is 2. The van der Waals surface area contributed by atoms with Crippen molar-refractivity contribution in [3.05, 3.63) is 46.8 Å². The molecule has 1 aromatic carbocycles. The summed E-state index contributed by atoms with van der Waals surface area (Å²) in [6.45, 7) is 2.81. The Hall–Kier alpha value is -2.63. The van der Waals surface area contributed by atoms with Gasteiger partial charge in [-0.05, 0) is 51.2 Å². The monoisotopic (exact) mass is 353 g/mol. The Morgan fingerprint density at radius 1 is 1.15 bits per heavy atom. The van der Waals surface area contributed by atoms with Gasteiger partial charge < -0.3 is 10.0 Å². The fourth-order valence-corrected chi connectivity index (χ4v) is 3.97. The van der Waals surface area contributed by atoms with E-state index in [4.69, 9.17) is 0 Å². The van der Waals surface area contributed by atoms with Gasteiger partial charge >= 0.3 is 5.97 Å². The Bertz CT molecular complexity index is 854. The molecule has 1 aliphatic heterocycles. The first-order valence-electron chi connectivity index (χ1n) is 9.24. The molecule has 1 N–H and O–H groups in total. The molecule has 1 aromatic heterocycles. The van der Waals surface area contributed by atoms with Gasteiger partial charge in [-0.1, -0.05) is 17.7 Å². The van der Waals surface area contributed by atoms with E-state index in [1.807, 2.05) is 35.9 Å². The molecule has 1 amide bonds. The number of carbonyl (C=O) groups is 2. The van der Waals surface area contributed by atoms with Crippen LogP contribution in [-0.4, -0.2) is 44.8 Å². The standard InChI is InChI=1S/C20H23N3O3/c1-13-6-8-15(9-7-13)23-17-5-3-2-4-16(17)18(21-23)19(24)22-11-10-14(12-22)20(25)26/h6-9,14H,2-5,10-12H2,1H3,(H,25,26). The van der Waals surface area contributed by atoms with Gasteiger partial charge in [-0.25, -0.2) is 4.68 Å². The van der Waals surface area contributed by atoms with E-state index in [2.05, 4.69) is 5.10 Å². The molecule has 1 atom stereocenters. The van der Waals surface area contributed by atoms with Gasteiger partial charge in [0.2, 0.25) is 0 Å². The highest BCUT2D eigenvalue weighted by atomic mass is 16.4. The number of nitrogens with zero attached hydrogens (tertiary/aromatic N) is 3. The van der Waals surface area contributed by atoms with Gasteiger partial charge in [0.25, 0.3) is 5.91 Å². The summed E-state index contributed by atoms with van der Waals surface area (Å²) in [5.74, 6) is -1.42. The second-order valence-corrected chi connectivity index (χ2v) is 7.30. The predicted molar refractivity (Wildman–Crippen MR) is 96.6 cm³/mol. The lowest BCUT2D eigenvalue weighted by molar-refractivity contribution is -0.141. The smallest absolute Gasteiger partial charge is 0.308 e. The minimum absolute atomic E-state index is 0.127. The minimum atomic E-state index is -0.826. The molecule has 0 spiro atoms. The maximum atomic E-state index is 13.0. The van der Waals surface area contributed by atoms with Crippen molar-refractivity contribution in [3.63, 3.8) is 0 Å². The predicted octanol–water partition coefficient (Wildman–Crippen LogP) is 2.61. The molecule has 1 unspecified atom stereocenters. The molecule has 1 fully saturated rings. The van der Waals surface area contributed by atoms with E-state index < -0.39 is 11.9 Å². The second kappa shape index (κ2) is 6.59. The maximum Gasteiger partial charge on any atom is 0.308 e. The van der Waals surface area contributed by atoms with Crippen LogP contribution in [0.5, 0.6) is 0 Å². The molecule has 2 aromatic rings. The molecule has 2 aliphatic rings. The molecule has 0 bridgehead atoms. The Kier molecular flexibility index (Phi) is 4.26. The van der Waals surface area contributed by atoms with Crippen molar-refractivity contribution in [1.82, 2.24) is 14.7 Å². The van der Waals surface area contributed by atoms with Crippen molar-refractivity contribution in [2.45, 2.75) is 39.0 Å². The fourth-order valence-electron chi connectivity index (χ4n) is 3.97. The average molecular weight is 353 g/mol. The average Bonchev–Trinajstić information content (AvgIpc) is 3.27. The maximum absolute atomic E-state index is 13.0. The second-order valence-electron chi connectivity index (χ2n) is 7.30. The summed E-state index contributed by atoms with van der Waals surface area (Å²) in [7, 11) is 0. The first-order chi connectivity index (χ1) is 12.5. The summed E-state index contributed by atoms with van der Waals surface area (Å²) in [5, 5.41) is 13.9. The topological polar surface area (TPSA) is 75.4 Å². The summed E-state index contributed by atoms with van der Waals surface area (Å²) in [6, 6.07) is 8.15. The zero-order valence-corrected chi connectivity index (χ0v) is 14.9. The van der Waals surface area contributed by atoms with E-state index in [1.54, 1.807) is 4.90 Å². The summed E-state index contributed by atoms with van der Waals surface area (Å²) in [4.78, 5) is 25.9. The van der Waals surface area contributed by atoms with Crippen LogP contribution >= 0.6 is 0 Å². The van der Waals surface area contributed by atoms with E-state index in [0.717, 1.165) is 42.6 Å². The number of aliphatic carboxylic acids is 1. The van der Waals surface area contributed by atoms with Crippen LogP contribution in [-0.2, 0) is 17.6 Å². The van der Waals surface area contributed by atoms with Gasteiger partial charge in [-0.2, -0.15) is 5.10 Å². The first kappa shape index (κ1) is 16.8. The van der Waals surface area contributed by atoms with Gasteiger partial charge in [0.1, 0.15) is 0 Å². The molecule has 0 saturated carbocycles. The molecule has 26 heavy (non-hydrogen) atoms. The van der Waals surface area contributed by atoms with Crippen molar-refractivity contribution in [1.29, 1.82) is 0 Å². The van der Waals surface area contributed by atoms with E-state index in [-0.39, 0.29) is 12.5 Å². The van der Waals surface area contributed by atoms with Crippen LogP contribution in [0.2, 0.25) is 0 Å². The van der Waals surface area contributed by atoms with Crippen LogP contribution in [0.15, 0.2) is 24.3 Å². The lowest BCUT2D eigenvalue weighted by atomic mass is 9.95. The fraction of sp³-hybridized carbons (Fsp3) is 0.450. The highest BCUT2D eigenvalue weighted by molar-refractivity contribution is 5.95. The summed E-state index contributed by atoms with van der Waals surface area (Å²) in [6.07, 6.45) is 4.45. The summed E-state index contributed by atoms with van der Waals surface area (Å²) >= 11 is 0. The summed E-state index contributed by atoms with van der Waals surface area (Å²) in [5.41, 5.74) is 4.82. The molecular weight excluding hydrogens is 330 g/mol. The van der Waals surface area contributed by atoms with Crippen LogP contribution in [0.3, 0.4) is 0 Å². The third-order valence-electron chi connectivity index (χ3n) is 5.49. The quantitative estimate of drug-likeness (QED) is 0.920. The number of hydrogen-bond acceptors (Lipinski definition) is 3. The van der Waals surface area contributed by atoms with Crippen LogP contribution in [0, 0.1) is 12.8 Å². The number of carboxylic acids is 1. The number of rotatable bonds is 3. The van der Waals surface area contributed by atoms with Crippen molar-refractivity contribution in [2.75, 3.05) is 13.1 Å². The van der Waals surface area contributed by atoms with Gasteiger partial charge in [-0.15, -0.1) is 0 Å². The number of carbonyl (C=O) groups excluding carboxylic acids is 1. The van der Waals surface area contributed by atoms with Crippen LogP contribution in [0.25, 0.3) is 5.69 Å². The van der Waals surface area contributed by atoms with Gasteiger partial charge in [0.05, 0.1) is 11.6 Å². The number of carboxylic acid groups (broad SMARTS) is 1. The number of benzene rings is 1. The molecule has 6 heteroatoms. The molecule has 4 rings (SSSR count). The van der Waals surface area contributed by atoms with Gasteiger partial charge in [0, 0.05) is 24.3 Å². The van der Waals surface area contributed by atoms with Crippen LogP contribution in [0.1, 0.15) is 46.6 Å². The Morgan fingerprint density at radius 3 is 2.58 bits per heavy atom. The molecule has 1 aliphatic carbocycles. The lowest BCUT2D eigenvalue weighted by Gasteiger charge is -2.17.